The molecular formula is C19H23N5O2. The number of piperazine rings is 1. The molecule has 1 aromatic heterocycles. The molecule has 1 unspecified atom stereocenters. The molecule has 1 saturated heterocycles. The third-order valence-electron chi connectivity index (χ3n) is 4.99. The number of amides is 1. The lowest BCUT2D eigenvalue weighted by Crippen LogP contribution is -2.50. The Labute approximate surface area is 152 Å². The first-order valence-electron chi connectivity index (χ1n) is 8.98. The van der Waals surface area contributed by atoms with Crippen LogP contribution < -0.4 is 5.32 Å². The van der Waals surface area contributed by atoms with Crippen LogP contribution in [-0.4, -0.2) is 54.1 Å². The normalized spacial score (nSPS) is 22.7. The lowest BCUT2D eigenvalue weighted by Gasteiger charge is -2.37. The summed E-state index contributed by atoms with van der Waals surface area (Å²) in [5.41, 5.74) is 1.52. The lowest BCUT2D eigenvalue weighted by atomic mass is 10.1. The summed E-state index contributed by atoms with van der Waals surface area (Å²) in [5, 5.41) is 12.3. The molecule has 1 fully saturated rings. The Kier molecular flexibility index (Phi) is 4.46. The standard InChI is InChI=1S/C19H23N5O2/c1-19(20-15-5-2-3-6-16(15)21-22-19)8-9-23-10-12-24(13-11-23)18(25)17-7-4-14-26-17/h2-7,14,20H,8-13H2,1H3. The second-order valence-corrected chi connectivity index (χ2v) is 6.98. The van der Waals surface area contributed by atoms with Crippen molar-refractivity contribution in [1.29, 1.82) is 0 Å². The van der Waals surface area contributed by atoms with Crippen molar-refractivity contribution in [2.75, 3.05) is 38.0 Å². The van der Waals surface area contributed by atoms with Crippen LogP contribution in [0.1, 0.15) is 23.9 Å². The lowest BCUT2D eigenvalue weighted by molar-refractivity contribution is 0.0599. The molecule has 2 aromatic rings. The Morgan fingerprint density at radius 2 is 2.00 bits per heavy atom. The number of azo groups is 1. The minimum atomic E-state index is -0.393. The van der Waals surface area contributed by atoms with Crippen LogP contribution in [0.4, 0.5) is 11.4 Å². The summed E-state index contributed by atoms with van der Waals surface area (Å²) in [6, 6.07) is 11.4. The molecule has 26 heavy (non-hydrogen) atoms. The summed E-state index contributed by atoms with van der Waals surface area (Å²) in [7, 11) is 0. The highest BCUT2D eigenvalue weighted by atomic mass is 16.3. The smallest absolute Gasteiger partial charge is 0.289 e. The van der Waals surface area contributed by atoms with E-state index in [4.69, 9.17) is 4.42 Å². The van der Waals surface area contributed by atoms with Crippen molar-refractivity contribution in [2.45, 2.75) is 19.0 Å². The zero-order chi connectivity index (χ0) is 18.0. The number of rotatable bonds is 4. The molecule has 0 bridgehead atoms. The second-order valence-electron chi connectivity index (χ2n) is 6.98. The van der Waals surface area contributed by atoms with Crippen molar-refractivity contribution in [3.8, 4) is 0 Å². The third-order valence-corrected chi connectivity index (χ3v) is 4.99. The average Bonchev–Trinajstić information content (AvgIpc) is 3.21. The minimum Gasteiger partial charge on any atom is -0.459 e. The van der Waals surface area contributed by atoms with Crippen molar-refractivity contribution in [2.24, 2.45) is 10.2 Å². The number of fused-ring (bicyclic) bond motifs is 1. The van der Waals surface area contributed by atoms with Gasteiger partial charge in [-0.3, -0.25) is 9.69 Å². The minimum absolute atomic E-state index is 0.0269. The topological polar surface area (TPSA) is 73.4 Å². The van der Waals surface area contributed by atoms with Gasteiger partial charge in [0.25, 0.3) is 5.91 Å². The fourth-order valence-corrected chi connectivity index (χ4v) is 3.36. The summed E-state index contributed by atoms with van der Waals surface area (Å²) < 4.78 is 5.21. The Morgan fingerprint density at radius 1 is 1.19 bits per heavy atom. The summed E-state index contributed by atoms with van der Waals surface area (Å²) in [5.74, 6) is 0.386. The van der Waals surface area contributed by atoms with Gasteiger partial charge in [0.05, 0.1) is 12.0 Å². The Balaban J connectivity index is 1.28. The van der Waals surface area contributed by atoms with E-state index in [0.29, 0.717) is 18.8 Å². The molecule has 2 aliphatic rings. The molecule has 136 valence electrons. The fraction of sp³-hybridized carbons (Fsp3) is 0.421. The van der Waals surface area contributed by atoms with Crippen LogP contribution in [0, 0.1) is 0 Å². The zero-order valence-electron chi connectivity index (χ0n) is 14.9. The third kappa shape index (κ3) is 3.48. The molecule has 0 spiro atoms. The van der Waals surface area contributed by atoms with E-state index in [9.17, 15) is 4.79 Å². The van der Waals surface area contributed by atoms with E-state index in [2.05, 4.69) is 27.4 Å². The largest absolute Gasteiger partial charge is 0.459 e. The predicted octanol–water partition coefficient (Wildman–Crippen LogP) is 3.35. The van der Waals surface area contributed by atoms with Crippen LogP contribution >= 0.6 is 0 Å². The van der Waals surface area contributed by atoms with E-state index >= 15 is 0 Å². The van der Waals surface area contributed by atoms with E-state index < -0.39 is 5.66 Å². The first-order valence-corrected chi connectivity index (χ1v) is 8.98. The number of carbonyl (C=O) groups excluding carboxylic acids is 1. The number of carbonyl (C=O) groups is 1. The van der Waals surface area contributed by atoms with Crippen LogP contribution in [0.2, 0.25) is 0 Å². The van der Waals surface area contributed by atoms with Gasteiger partial charge in [-0.05, 0) is 31.2 Å². The molecule has 0 saturated carbocycles. The number of furan rings is 1. The number of hydrogen-bond donors (Lipinski definition) is 1. The van der Waals surface area contributed by atoms with Crippen molar-refractivity contribution in [3.63, 3.8) is 0 Å². The Hall–Kier alpha value is -2.67. The number of nitrogens with one attached hydrogen (secondary N) is 1. The van der Waals surface area contributed by atoms with Gasteiger partial charge in [0.1, 0.15) is 11.4 Å². The van der Waals surface area contributed by atoms with Gasteiger partial charge in [-0.25, -0.2) is 0 Å². The summed E-state index contributed by atoms with van der Waals surface area (Å²) in [6.07, 6.45) is 2.39. The molecule has 0 aliphatic carbocycles. The van der Waals surface area contributed by atoms with Gasteiger partial charge in [-0.1, -0.05) is 12.1 Å². The Bertz CT molecular complexity index is 796. The fourth-order valence-electron chi connectivity index (χ4n) is 3.36. The van der Waals surface area contributed by atoms with Crippen molar-refractivity contribution in [1.82, 2.24) is 9.80 Å². The van der Waals surface area contributed by atoms with E-state index in [0.717, 1.165) is 37.4 Å². The van der Waals surface area contributed by atoms with Crippen LogP contribution in [0.15, 0.2) is 57.3 Å². The van der Waals surface area contributed by atoms with Gasteiger partial charge in [-0.15, -0.1) is 0 Å². The van der Waals surface area contributed by atoms with Crippen LogP contribution in [0.5, 0.6) is 0 Å². The maximum atomic E-state index is 12.3. The predicted molar refractivity (Wildman–Crippen MR) is 98.7 cm³/mol. The molecule has 3 heterocycles. The molecular weight excluding hydrogens is 330 g/mol. The molecule has 1 atom stereocenters. The summed E-state index contributed by atoms with van der Waals surface area (Å²) in [4.78, 5) is 16.5. The molecule has 1 aromatic carbocycles. The highest BCUT2D eigenvalue weighted by molar-refractivity contribution is 5.91. The first kappa shape index (κ1) is 16.8. The van der Waals surface area contributed by atoms with E-state index in [1.165, 1.54) is 6.26 Å². The molecule has 7 heteroatoms. The van der Waals surface area contributed by atoms with Gasteiger partial charge in [-0.2, -0.15) is 10.2 Å². The molecule has 1 N–H and O–H groups in total. The van der Waals surface area contributed by atoms with E-state index in [1.807, 2.05) is 29.2 Å². The van der Waals surface area contributed by atoms with Crippen LogP contribution in [0.3, 0.4) is 0 Å². The van der Waals surface area contributed by atoms with Gasteiger partial charge in [0.15, 0.2) is 5.76 Å². The Morgan fingerprint density at radius 3 is 2.77 bits per heavy atom. The van der Waals surface area contributed by atoms with Crippen molar-refractivity contribution < 1.29 is 9.21 Å². The molecule has 7 nitrogen and oxygen atoms in total. The zero-order valence-corrected chi connectivity index (χ0v) is 14.9. The van der Waals surface area contributed by atoms with Crippen LogP contribution in [-0.2, 0) is 0 Å². The molecule has 4 rings (SSSR count). The van der Waals surface area contributed by atoms with Gasteiger partial charge in [0.2, 0.25) is 0 Å². The highest BCUT2D eigenvalue weighted by Crippen LogP contribution is 2.34. The van der Waals surface area contributed by atoms with Crippen molar-refractivity contribution >= 4 is 17.3 Å². The number of hydrogen-bond acceptors (Lipinski definition) is 6. The van der Waals surface area contributed by atoms with Gasteiger partial charge in [0, 0.05) is 39.1 Å². The second kappa shape index (κ2) is 6.92. The maximum absolute atomic E-state index is 12.3. The molecule has 0 radical (unpaired) electrons. The van der Waals surface area contributed by atoms with Gasteiger partial charge >= 0.3 is 0 Å². The van der Waals surface area contributed by atoms with Crippen molar-refractivity contribution in [3.05, 3.63) is 48.4 Å². The maximum Gasteiger partial charge on any atom is 0.289 e. The average molecular weight is 353 g/mol. The number of para-hydroxylation sites is 1. The van der Waals surface area contributed by atoms with E-state index in [1.54, 1.807) is 12.1 Å². The SMILES string of the molecule is CC1(CCN2CCN(C(=O)c3ccco3)CC2)N=Nc2ccccc2N1. The molecule has 1 amide bonds. The first-order chi connectivity index (χ1) is 12.6. The monoisotopic (exact) mass is 353 g/mol. The molecule has 2 aliphatic heterocycles. The quantitative estimate of drug-likeness (QED) is 0.915. The van der Waals surface area contributed by atoms with Gasteiger partial charge < -0.3 is 14.6 Å². The number of benzene rings is 1. The van der Waals surface area contributed by atoms with E-state index in [-0.39, 0.29) is 5.91 Å². The summed E-state index contributed by atoms with van der Waals surface area (Å²) >= 11 is 0. The number of nitrogens with zero attached hydrogens (tertiary/aromatic N) is 4. The van der Waals surface area contributed by atoms with Crippen LogP contribution in [0.25, 0.3) is 0 Å². The highest BCUT2D eigenvalue weighted by Gasteiger charge is 2.30. The number of anilines is 1. The summed E-state index contributed by atoms with van der Waals surface area (Å²) in [6.45, 7) is 6.13.